The first-order valence-corrected chi connectivity index (χ1v) is 16.1. The summed E-state index contributed by atoms with van der Waals surface area (Å²) in [5, 5.41) is 2.24. The van der Waals surface area contributed by atoms with Crippen LogP contribution >= 0.6 is 0 Å². The fourth-order valence-corrected chi connectivity index (χ4v) is 5.31. The van der Waals surface area contributed by atoms with Crippen LogP contribution in [0, 0.1) is 32.0 Å². The number of aryl methyl sites for hydroxylation is 2. The van der Waals surface area contributed by atoms with Crippen LogP contribution in [0.2, 0.25) is 0 Å². The molecular formula is C44H36IrN3O. The van der Waals surface area contributed by atoms with Gasteiger partial charge in [0.1, 0.15) is 5.58 Å². The zero-order valence-electron chi connectivity index (χ0n) is 27.9. The Labute approximate surface area is 302 Å². The molecule has 0 aliphatic rings. The molecule has 0 unspecified atom stereocenters. The average molecular weight is 815 g/mol. The molecule has 4 aromatic carbocycles. The molecule has 4 heterocycles. The van der Waals surface area contributed by atoms with E-state index in [2.05, 4.69) is 71.3 Å². The van der Waals surface area contributed by atoms with Gasteiger partial charge in [-0.2, -0.15) is 0 Å². The number of nitrogens with zero attached hydrogens (tertiary/aromatic N) is 3. The number of fused-ring (bicyclic) bond motifs is 3. The summed E-state index contributed by atoms with van der Waals surface area (Å²) >= 11 is 0. The van der Waals surface area contributed by atoms with Crippen LogP contribution in [-0.4, -0.2) is 15.0 Å². The number of benzene rings is 4. The minimum absolute atomic E-state index is 0. The Kier molecular flexibility index (Phi) is 12.0. The molecule has 5 heteroatoms. The van der Waals surface area contributed by atoms with Crippen LogP contribution in [0.3, 0.4) is 0 Å². The smallest absolute Gasteiger partial charge is 0.501 e. The number of aromatic nitrogens is 3. The Hall–Kier alpha value is -5.22. The Morgan fingerprint density at radius 2 is 1.18 bits per heavy atom. The molecule has 0 N–H and O–H groups in total. The second-order valence-electron chi connectivity index (χ2n) is 11.7. The Bertz CT molecular complexity index is 2160. The van der Waals surface area contributed by atoms with Crippen molar-refractivity contribution >= 4 is 21.9 Å². The fraction of sp³-hybridized carbons (Fsp3) is 0.114. The van der Waals surface area contributed by atoms with E-state index >= 15 is 0 Å². The minimum Gasteiger partial charge on any atom is -0.501 e. The molecular weight excluding hydrogens is 779 g/mol. The Morgan fingerprint density at radius 3 is 1.76 bits per heavy atom. The minimum atomic E-state index is 0. The summed E-state index contributed by atoms with van der Waals surface area (Å²) < 4.78 is 6.07. The average Bonchev–Trinajstić information content (AvgIpc) is 3.52. The van der Waals surface area contributed by atoms with E-state index < -0.39 is 0 Å². The molecule has 49 heavy (non-hydrogen) atoms. The van der Waals surface area contributed by atoms with Crippen molar-refractivity contribution < 1.29 is 24.5 Å². The third kappa shape index (κ3) is 8.83. The van der Waals surface area contributed by atoms with Crippen molar-refractivity contribution in [3.63, 3.8) is 0 Å². The van der Waals surface area contributed by atoms with Crippen molar-refractivity contribution in [3.05, 3.63) is 175 Å². The molecule has 0 radical (unpaired) electrons. The maximum absolute atomic E-state index is 6.07. The standard InChI is InChI=1S/C20H16NO.2C12H10N.Ir/c1-13(2)14-10-11-21-18(12-14)17-8-5-7-16-15-6-3-4-9-19(15)22-20(16)17;2*1-10-6-5-9-12(13-10)11-7-3-2-4-8-11;/h3-7,9-13H,1-2H3;2*2-7,9H,1H3;/q3*-1;+3. The monoisotopic (exact) mass is 815 g/mol. The van der Waals surface area contributed by atoms with Gasteiger partial charge in [0.25, 0.3) is 0 Å². The topological polar surface area (TPSA) is 51.8 Å². The van der Waals surface area contributed by atoms with Crippen molar-refractivity contribution in [3.8, 4) is 33.8 Å². The number of pyridine rings is 3. The molecule has 0 fully saturated rings. The van der Waals surface area contributed by atoms with Gasteiger partial charge >= 0.3 is 20.1 Å². The summed E-state index contributed by atoms with van der Waals surface area (Å²) in [6.07, 6.45) is 1.86. The second-order valence-corrected chi connectivity index (χ2v) is 11.7. The van der Waals surface area contributed by atoms with Gasteiger partial charge in [-0.05, 0) is 61.1 Å². The van der Waals surface area contributed by atoms with E-state index in [9.17, 15) is 0 Å². The first-order valence-electron chi connectivity index (χ1n) is 16.1. The van der Waals surface area contributed by atoms with Crippen LogP contribution in [-0.2, 0) is 20.1 Å². The van der Waals surface area contributed by atoms with E-state index in [-0.39, 0.29) is 20.1 Å². The van der Waals surface area contributed by atoms with Gasteiger partial charge in [-0.25, -0.2) is 0 Å². The van der Waals surface area contributed by atoms with Crippen molar-refractivity contribution in [2.45, 2.75) is 33.6 Å². The quantitative estimate of drug-likeness (QED) is 0.166. The van der Waals surface area contributed by atoms with Gasteiger partial charge in [0, 0.05) is 23.0 Å². The molecule has 0 aliphatic carbocycles. The molecule has 8 aromatic rings. The first-order chi connectivity index (χ1) is 23.5. The van der Waals surface area contributed by atoms with Gasteiger partial charge in [0.15, 0.2) is 0 Å². The summed E-state index contributed by atoms with van der Waals surface area (Å²) in [5.74, 6) is 0.469. The second kappa shape index (κ2) is 16.7. The van der Waals surface area contributed by atoms with Crippen LogP contribution in [0.1, 0.15) is 36.7 Å². The Balaban J connectivity index is 0.000000150. The molecule has 8 rings (SSSR count). The SMILES string of the molecule is CC(C)c1ccnc(-c2[c-]ccc3c2oc2ccccc23)c1.Cc1cccc(-c2[c-]cccc2)n1.Cc1cccc(-c2[c-]cccc2)n1.[Ir+3]. The molecule has 0 amide bonds. The number of furan rings is 1. The van der Waals surface area contributed by atoms with E-state index in [0.717, 1.165) is 67.1 Å². The molecule has 0 aliphatic heterocycles. The zero-order chi connectivity index (χ0) is 33.3. The summed E-state index contributed by atoms with van der Waals surface area (Å²) in [4.78, 5) is 13.3. The van der Waals surface area contributed by atoms with Crippen LogP contribution in [0.4, 0.5) is 0 Å². The molecule has 0 spiro atoms. The fourth-order valence-electron chi connectivity index (χ4n) is 5.31. The van der Waals surface area contributed by atoms with Crippen molar-refractivity contribution in [1.29, 1.82) is 0 Å². The van der Waals surface area contributed by atoms with Gasteiger partial charge in [-0.1, -0.05) is 78.9 Å². The van der Waals surface area contributed by atoms with Crippen molar-refractivity contribution in [1.82, 2.24) is 15.0 Å². The van der Waals surface area contributed by atoms with Gasteiger partial charge in [-0.15, -0.1) is 90.0 Å². The van der Waals surface area contributed by atoms with Crippen LogP contribution in [0.15, 0.2) is 144 Å². The third-order valence-corrected chi connectivity index (χ3v) is 7.79. The number of para-hydroxylation sites is 1. The van der Waals surface area contributed by atoms with E-state index in [1.165, 1.54) is 5.56 Å². The predicted octanol–water partition coefficient (Wildman–Crippen LogP) is 11.3. The number of hydrogen-bond donors (Lipinski definition) is 0. The van der Waals surface area contributed by atoms with Crippen LogP contribution in [0.5, 0.6) is 0 Å². The maximum atomic E-state index is 6.07. The molecule has 242 valence electrons. The van der Waals surface area contributed by atoms with E-state index in [1.54, 1.807) is 0 Å². The molecule has 0 saturated carbocycles. The Morgan fingerprint density at radius 1 is 0.571 bits per heavy atom. The number of hydrogen-bond acceptors (Lipinski definition) is 4. The number of rotatable bonds is 4. The van der Waals surface area contributed by atoms with Crippen LogP contribution < -0.4 is 0 Å². The van der Waals surface area contributed by atoms with Gasteiger partial charge in [0.2, 0.25) is 0 Å². The predicted molar refractivity (Wildman–Crippen MR) is 196 cm³/mol. The molecule has 0 saturated heterocycles. The first kappa shape index (κ1) is 35.1. The maximum Gasteiger partial charge on any atom is 3.00 e. The van der Waals surface area contributed by atoms with Crippen LogP contribution in [0.25, 0.3) is 55.7 Å². The summed E-state index contributed by atoms with van der Waals surface area (Å²) in [6, 6.07) is 53.6. The molecule has 0 atom stereocenters. The van der Waals surface area contributed by atoms with Gasteiger partial charge in [-0.3, -0.25) is 0 Å². The molecule has 4 aromatic heterocycles. The summed E-state index contributed by atoms with van der Waals surface area (Å²) in [6.45, 7) is 8.36. The van der Waals surface area contributed by atoms with E-state index in [0.29, 0.717) is 5.92 Å². The van der Waals surface area contributed by atoms with E-state index in [4.69, 9.17) is 4.42 Å². The van der Waals surface area contributed by atoms with Gasteiger partial charge < -0.3 is 19.4 Å². The van der Waals surface area contributed by atoms with Gasteiger partial charge in [0.05, 0.1) is 5.58 Å². The van der Waals surface area contributed by atoms with Crippen molar-refractivity contribution in [2.24, 2.45) is 0 Å². The van der Waals surface area contributed by atoms with Crippen molar-refractivity contribution in [2.75, 3.05) is 0 Å². The summed E-state index contributed by atoms with van der Waals surface area (Å²) in [7, 11) is 0. The normalized spacial score (nSPS) is 10.5. The summed E-state index contributed by atoms with van der Waals surface area (Å²) in [5.41, 5.74) is 11.0. The van der Waals surface area contributed by atoms with E-state index in [1.807, 2.05) is 129 Å². The molecule has 4 nitrogen and oxygen atoms in total. The largest absolute Gasteiger partial charge is 3.00 e. The third-order valence-electron chi connectivity index (χ3n) is 7.79. The molecule has 0 bridgehead atoms. The zero-order valence-corrected chi connectivity index (χ0v) is 30.3.